The molecule has 21 heavy (non-hydrogen) atoms. The van der Waals surface area contributed by atoms with Crippen molar-refractivity contribution in [2.24, 2.45) is 0 Å². The average molecular weight is 292 g/mol. The molecule has 2 saturated heterocycles. The van der Waals surface area contributed by atoms with Crippen molar-refractivity contribution >= 4 is 11.6 Å². The summed E-state index contributed by atoms with van der Waals surface area (Å²) in [6.07, 6.45) is 5.51. The lowest BCUT2D eigenvalue weighted by Crippen LogP contribution is -2.49. The first kappa shape index (κ1) is 14.4. The summed E-state index contributed by atoms with van der Waals surface area (Å²) in [5.41, 5.74) is 0.554. The first-order chi connectivity index (χ1) is 10.2. The van der Waals surface area contributed by atoms with Crippen LogP contribution in [-0.2, 0) is 4.79 Å². The van der Waals surface area contributed by atoms with Crippen LogP contribution in [0, 0.1) is 5.95 Å². The van der Waals surface area contributed by atoms with E-state index in [0.29, 0.717) is 11.7 Å². The molecule has 1 aromatic heterocycles. The van der Waals surface area contributed by atoms with E-state index in [-0.39, 0.29) is 11.9 Å². The van der Waals surface area contributed by atoms with Crippen molar-refractivity contribution in [1.82, 2.24) is 15.2 Å². The van der Waals surface area contributed by atoms with E-state index >= 15 is 0 Å². The van der Waals surface area contributed by atoms with Crippen molar-refractivity contribution in [2.45, 2.75) is 37.8 Å². The van der Waals surface area contributed by atoms with Crippen molar-refractivity contribution in [2.75, 3.05) is 25.0 Å². The number of nitrogens with one attached hydrogen (secondary N) is 2. The molecule has 0 bridgehead atoms. The fourth-order valence-corrected chi connectivity index (χ4v) is 3.32. The van der Waals surface area contributed by atoms with Gasteiger partial charge in [0.2, 0.25) is 11.9 Å². The highest BCUT2D eigenvalue weighted by Crippen LogP contribution is 2.25. The number of hydrogen-bond donors (Lipinski definition) is 2. The summed E-state index contributed by atoms with van der Waals surface area (Å²) in [5, 5.41) is 6.21. The molecule has 0 radical (unpaired) electrons. The van der Waals surface area contributed by atoms with E-state index in [1.54, 1.807) is 6.07 Å². The first-order valence-electron chi connectivity index (χ1n) is 7.63. The zero-order chi connectivity index (χ0) is 14.7. The molecule has 6 heteroatoms. The monoisotopic (exact) mass is 292 g/mol. The van der Waals surface area contributed by atoms with Gasteiger partial charge in [-0.05, 0) is 57.5 Å². The van der Waals surface area contributed by atoms with Crippen molar-refractivity contribution in [3.63, 3.8) is 0 Å². The summed E-state index contributed by atoms with van der Waals surface area (Å²) < 4.78 is 12.8. The summed E-state index contributed by atoms with van der Waals surface area (Å²) in [5.74, 6) is -0.537. The molecule has 1 unspecified atom stereocenters. The molecule has 114 valence electrons. The quantitative estimate of drug-likeness (QED) is 0.826. The van der Waals surface area contributed by atoms with Crippen LogP contribution in [-0.4, -0.2) is 47.5 Å². The van der Waals surface area contributed by atoms with Crippen LogP contribution in [0.1, 0.15) is 25.7 Å². The van der Waals surface area contributed by atoms with Gasteiger partial charge < -0.3 is 10.6 Å². The van der Waals surface area contributed by atoms with Gasteiger partial charge in [-0.3, -0.25) is 9.69 Å². The molecular formula is C15H21FN4O. The van der Waals surface area contributed by atoms with Gasteiger partial charge in [0, 0.05) is 6.04 Å². The molecule has 2 fully saturated rings. The molecule has 0 aromatic carbocycles. The van der Waals surface area contributed by atoms with Gasteiger partial charge >= 0.3 is 0 Å². The Morgan fingerprint density at radius 1 is 1.33 bits per heavy atom. The smallest absolute Gasteiger partial charge is 0.241 e. The lowest BCUT2D eigenvalue weighted by atomic mass is 10.0. The van der Waals surface area contributed by atoms with Crippen LogP contribution in [0.25, 0.3) is 0 Å². The number of anilines is 1. The highest BCUT2D eigenvalue weighted by Gasteiger charge is 2.35. The number of likely N-dealkylation sites (tertiary alicyclic amines) is 1. The van der Waals surface area contributed by atoms with Crippen LogP contribution < -0.4 is 10.6 Å². The van der Waals surface area contributed by atoms with Crippen LogP contribution in [0.3, 0.4) is 0 Å². The van der Waals surface area contributed by atoms with E-state index in [2.05, 4.69) is 20.5 Å². The molecule has 1 amide bonds. The Balaban J connectivity index is 1.63. The molecule has 2 aliphatic rings. The largest absolute Gasteiger partial charge is 0.323 e. The van der Waals surface area contributed by atoms with Crippen molar-refractivity contribution in [1.29, 1.82) is 0 Å². The fourth-order valence-electron chi connectivity index (χ4n) is 3.32. The van der Waals surface area contributed by atoms with Crippen molar-refractivity contribution in [3.8, 4) is 0 Å². The number of amides is 1. The van der Waals surface area contributed by atoms with Crippen molar-refractivity contribution < 1.29 is 9.18 Å². The number of pyridine rings is 1. The Bertz CT molecular complexity index is 487. The Morgan fingerprint density at radius 3 is 2.86 bits per heavy atom. The third kappa shape index (κ3) is 3.39. The third-order valence-corrected chi connectivity index (χ3v) is 4.37. The molecule has 2 aliphatic heterocycles. The minimum atomic E-state index is -0.537. The molecule has 0 aliphatic carbocycles. The van der Waals surface area contributed by atoms with Gasteiger partial charge in [0.15, 0.2) is 0 Å². The predicted octanol–water partition coefficient (Wildman–Crippen LogP) is 1.38. The maximum atomic E-state index is 12.8. The van der Waals surface area contributed by atoms with Crippen molar-refractivity contribution in [3.05, 3.63) is 24.3 Å². The first-order valence-corrected chi connectivity index (χ1v) is 7.63. The molecule has 2 N–H and O–H groups in total. The van der Waals surface area contributed by atoms with E-state index in [9.17, 15) is 9.18 Å². The van der Waals surface area contributed by atoms with Gasteiger partial charge in [0.25, 0.3) is 0 Å². The molecule has 5 nitrogen and oxygen atoms in total. The van der Waals surface area contributed by atoms with Gasteiger partial charge in [-0.2, -0.15) is 4.39 Å². The zero-order valence-corrected chi connectivity index (χ0v) is 12.0. The Hall–Kier alpha value is -1.53. The molecule has 0 saturated carbocycles. The van der Waals surface area contributed by atoms with E-state index in [1.165, 1.54) is 12.3 Å². The molecule has 0 spiro atoms. The number of halogens is 1. The predicted molar refractivity (Wildman–Crippen MR) is 78.4 cm³/mol. The number of nitrogens with zero attached hydrogens (tertiary/aromatic N) is 2. The third-order valence-electron chi connectivity index (χ3n) is 4.37. The molecular weight excluding hydrogens is 271 g/mol. The molecule has 3 rings (SSSR count). The van der Waals surface area contributed by atoms with E-state index < -0.39 is 5.95 Å². The van der Waals surface area contributed by atoms with Gasteiger partial charge in [0.1, 0.15) is 0 Å². The Morgan fingerprint density at radius 2 is 2.14 bits per heavy atom. The second kappa shape index (κ2) is 6.49. The minimum absolute atomic E-state index is 0.000518. The highest BCUT2D eigenvalue weighted by molar-refractivity contribution is 5.94. The molecule has 1 atom stereocenters. The summed E-state index contributed by atoms with van der Waals surface area (Å²) in [6, 6.07) is 3.23. The summed E-state index contributed by atoms with van der Waals surface area (Å²) in [4.78, 5) is 18.4. The van der Waals surface area contributed by atoms with E-state index in [1.807, 2.05) is 0 Å². The molecule has 3 heterocycles. The topological polar surface area (TPSA) is 57.3 Å². The number of carbonyl (C=O) groups excluding carboxylic acids is 1. The van der Waals surface area contributed by atoms with Crippen LogP contribution >= 0.6 is 0 Å². The summed E-state index contributed by atoms with van der Waals surface area (Å²) in [7, 11) is 0. The number of rotatable bonds is 3. The lowest BCUT2D eigenvalue weighted by Gasteiger charge is -2.35. The van der Waals surface area contributed by atoms with Gasteiger partial charge in [0.05, 0.1) is 17.9 Å². The summed E-state index contributed by atoms with van der Waals surface area (Å²) >= 11 is 0. The maximum Gasteiger partial charge on any atom is 0.241 e. The second-order valence-electron chi connectivity index (χ2n) is 5.74. The van der Waals surface area contributed by atoms with E-state index in [0.717, 1.165) is 45.3 Å². The van der Waals surface area contributed by atoms with Gasteiger partial charge in [-0.25, -0.2) is 4.98 Å². The number of hydrogen-bond acceptors (Lipinski definition) is 4. The fraction of sp³-hybridized carbons (Fsp3) is 0.600. The molecule has 1 aromatic rings. The van der Waals surface area contributed by atoms with Crippen LogP contribution in [0.4, 0.5) is 10.1 Å². The zero-order valence-electron chi connectivity index (χ0n) is 12.0. The maximum absolute atomic E-state index is 12.8. The lowest BCUT2D eigenvalue weighted by molar-refractivity contribution is -0.121. The van der Waals surface area contributed by atoms with E-state index in [4.69, 9.17) is 0 Å². The number of piperidine rings is 1. The SMILES string of the molecule is O=C(Nc1ccc(F)nc1)C1CCCN1C1CCNCC1. The number of aromatic nitrogens is 1. The van der Waals surface area contributed by atoms with Crippen LogP contribution in [0.15, 0.2) is 18.3 Å². The highest BCUT2D eigenvalue weighted by atomic mass is 19.1. The van der Waals surface area contributed by atoms with Gasteiger partial charge in [-0.15, -0.1) is 0 Å². The normalized spacial score (nSPS) is 24.1. The average Bonchev–Trinajstić information content (AvgIpc) is 3.00. The number of carbonyl (C=O) groups is 1. The van der Waals surface area contributed by atoms with Crippen LogP contribution in [0.2, 0.25) is 0 Å². The standard InChI is InChI=1S/C15H21FN4O/c16-14-4-3-11(10-18-14)19-15(21)13-2-1-9-20(13)12-5-7-17-8-6-12/h3-4,10,12-13,17H,1-2,5-9H2,(H,19,21). The minimum Gasteiger partial charge on any atom is -0.323 e. The van der Waals surface area contributed by atoms with Crippen LogP contribution in [0.5, 0.6) is 0 Å². The summed E-state index contributed by atoms with van der Waals surface area (Å²) in [6.45, 7) is 3.04. The second-order valence-corrected chi connectivity index (χ2v) is 5.74. The Kier molecular flexibility index (Phi) is 4.45. The van der Waals surface area contributed by atoms with Gasteiger partial charge in [-0.1, -0.05) is 0 Å². The Labute approximate surface area is 123 Å².